The number of halogens is 2. The number of nitrogens with zero attached hydrogens (tertiary/aromatic N) is 4. The largest absolute Gasteiger partial charge is 0.356 e. The second kappa shape index (κ2) is 10.1. The van der Waals surface area contributed by atoms with Crippen LogP contribution in [0, 0.1) is 11.8 Å². The highest BCUT2D eigenvalue weighted by atomic mass is 35.5. The Morgan fingerprint density at radius 3 is 2.19 bits per heavy atom. The van der Waals surface area contributed by atoms with Crippen molar-refractivity contribution >= 4 is 36.6 Å². The fourth-order valence-corrected chi connectivity index (χ4v) is 4.92. The van der Waals surface area contributed by atoms with Gasteiger partial charge in [0.05, 0.1) is 5.69 Å². The summed E-state index contributed by atoms with van der Waals surface area (Å²) in [6.07, 6.45) is 10.3. The average molecular weight is 416 g/mol. The van der Waals surface area contributed by atoms with Gasteiger partial charge in [0.15, 0.2) is 0 Å². The number of nitrogens with one attached hydrogen (secondary N) is 1. The van der Waals surface area contributed by atoms with E-state index in [2.05, 4.69) is 29.2 Å². The van der Waals surface area contributed by atoms with E-state index in [-0.39, 0.29) is 24.8 Å². The molecule has 154 valence electrons. The minimum atomic E-state index is 0. The smallest absolute Gasteiger partial charge is 0.227 e. The summed E-state index contributed by atoms with van der Waals surface area (Å²) < 4.78 is 0. The first-order valence-corrected chi connectivity index (χ1v) is 10.2. The topological polar surface area (TPSA) is 44.3 Å². The first kappa shape index (κ1) is 22.5. The number of hydrogen-bond donors (Lipinski definition) is 1. The van der Waals surface area contributed by atoms with Gasteiger partial charge in [0, 0.05) is 32.7 Å². The maximum atomic E-state index is 4.98. The van der Waals surface area contributed by atoms with Crippen molar-refractivity contribution in [3.8, 4) is 0 Å². The first-order valence-electron chi connectivity index (χ1n) is 10.2. The second-order valence-electron chi connectivity index (χ2n) is 8.29. The fraction of sp³-hybridized carbons (Fsp3) is 0.800. The van der Waals surface area contributed by atoms with E-state index in [1.807, 2.05) is 0 Å². The van der Waals surface area contributed by atoms with Crippen LogP contribution < -0.4 is 15.1 Å². The molecule has 0 bridgehead atoms. The first-order chi connectivity index (χ1) is 12.2. The summed E-state index contributed by atoms with van der Waals surface area (Å²) in [5.74, 6) is 4.00. The van der Waals surface area contributed by atoms with Crippen LogP contribution in [-0.2, 0) is 12.8 Å². The fourth-order valence-electron chi connectivity index (χ4n) is 4.92. The van der Waals surface area contributed by atoms with Gasteiger partial charge in [0.25, 0.3) is 0 Å². The monoisotopic (exact) mass is 415 g/mol. The lowest BCUT2D eigenvalue weighted by Crippen LogP contribution is -2.40. The van der Waals surface area contributed by atoms with Gasteiger partial charge in [-0.2, -0.15) is 4.98 Å². The van der Waals surface area contributed by atoms with E-state index in [1.54, 1.807) is 0 Å². The van der Waals surface area contributed by atoms with Crippen LogP contribution in [0.5, 0.6) is 0 Å². The maximum Gasteiger partial charge on any atom is 0.227 e. The standard InChI is InChI=1S/C20H33N5.2ClH/c1-24(2)20-22-18-6-4-3-5-17(18)19(23-20)25-13-9-16(10-14-25)15-7-11-21-12-8-15;;/h15-16,21H,3-14H2,1-2H3;2*1H. The van der Waals surface area contributed by atoms with Gasteiger partial charge in [-0.1, -0.05) is 0 Å². The van der Waals surface area contributed by atoms with Gasteiger partial charge in [-0.25, -0.2) is 4.98 Å². The van der Waals surface area contributed by atoms with Gasteiger partial charge >= 0.3 is 0 Å². The molecular weight excluding hydrogens is 381 g/mol. The van der Waals surface area contributed by atoms with Crippen molar-refractivity contribution in [3.63, 3.8) is 0 Å². The summed E-state index contributed by atoms with van der Waals surface area (Å²) in [6, 6.07) is 0. The van der Waals surface area contributed by atoms with Crippen molar-refractivity contribution in [1.29, 1.82) is 0 Å². The zero-order valence-corrected chi connectivity index (χ0v) is 18.4. The molecule has 2 aliphatic heterocycles. The van der Waals surface area contributed by atoms with Crippen LogP contribution in [0.25, 0.3) is 0 Å². The molecular formula is C20H35Cl2N5. The molecule has 4 rings (SSSR count). The van der Waals surface area contributed by atoms with Crippen molar-refractivity contribution in [2.75, 3.05) is 50.1 Å². The highest BCUT2D eigenvalue weighted by Crippen LogP contribution is 2.35. The van der Waals surface area contributed by atoms with Gasteiger partial charge in [-0.05, 0) is 76.3 Å². The number of aromatic nitrogens is 2. The highest BCUT2D eigenvalue weighted by Gasteiger charge is 2.30. The summed E-state index contributed by atoms with van der Waals surface area (Å²) in [6.45, 7) is 4.78. The molecule has 1 aromatic rings. The summed E-state index contributed by atoms with van der Waals surface area (Å²) >= 11 is 0. The number of hydrogen-bond acceptors (Lipinski definition) is 5. The Kier molecular flexibility index (Phi) is 8.44. The van der Waals surface area contributed by atoms with E-state index in [0.717, 1.165) is 30.6 Å². The van der Waals surface area contributed by atoms with Crippen molar-refractivity contribution in [2.24, 2.45) is 11.8 Å². The molecule has 7 heteroatoms. The molecule has 2 fully saturated rings. The van der Waals surface area contributed by atoms with Gasteiger partial charge in [-0.15, -0.1) is 24.8 Å². The molecule has 0 amide bonds. The van der Waals surface area contributed by atoms with Gasteiger partial charge in [-0.3, -0.25) is 0 Å². The third-order valence-corrected chi connectivity index (χ3v) is 6.44. The average Bonchev–Trinajstić information content (AvgIpc) is 2.68. The summed E-state index contributed by atoms with van der Waals surface area (Å²) in [7, 11) is 4.11. The lowest BCUT2D eigenvalue weighted by Gasteiger charge is -2.39. The summed E-state index contributed by atoms with van der Waals surface area (Å²) in [4.78, 5) is 14.4. The normalized spacial score (nSPS) is 21.0. The van der Waals surface area contributed by atoms with Crippen molar-refractivity contribution < 1.29 is 0 Å². The Bertz CT molecular complexity index is 596. The minimum absolute atomic E-state index is 0. The molecule has 27 heavy (non-hydrogen) atoms. The van der Waals surface area contributed by atoms with Crippen LogP contribution in [0.3, 0.4) is 0 Å². The van der Waals surface area contributed by atoms with Gasteiger partial charge < -0.3 is 15.1 Å². The van der Waals surface area contributed by atoms with Crippen molar-refractivity contribution in [1.82, 2.24) is 15.3 Å². The molecule has 0 aromatic carbocycles. The maximum absolute atomic E-state index is 4.98. The Morgan fingerprint density at radius 1 is 0.889 bits per heavy atom. The van der Waals surface area contributed by atoms with E-state index >= 15 is 0 Å². The molecule has 1 aliphatic carbocycles. The molecule has 0 saturated carbocycles. The molecule has 5 nitrogen and oxygen atoms in total. The third-order valence-electron chi connectivity index (χ3n) is 6.44. The third kappa shape index (κ3) is 4.99. The highest BCUT2D eigenvalue weighted by molar-refractivity contribution is 5.85. The number of aryl methyl sites for hydroxylation is 1. The predicted molar refractivity (Wildman–Crippen MR) is 118 cm³/mol. The summed E-state index contributed by atoms with van der Waals surface area (Å²) in [5, 5.41) is 3.51. The van der Waals surface area contributed by atoms with Gasteiger partial charge in [0.1, 0.15) is 5.82 Å². The van der Waals surface area contributed by atoms with Crippen LogP contribution in [-0.4, -0.2) is 50.2 Å². The zero-order chi connectivity index (χ0) is 17.2. The van der Waals surface area contributed by atoms with Crippen LogP contribution in [0.2, 0.25) is 0 Å². The van der Waals surface area contributed by atoms with E-state index in [4.69, 9.17) is 9.97 Å². The Labute approximate surface area is 176 Å². The van der Waals surface area contributed by atoms with E-state index in [9.17, 15) is 0 Å². The Hall–Kier alpha value is -0.780. The predicted octanol–water partition coefficient (Wildman–Crippen LogP) is 3.48. The SMILES string of the molecule is CN(C)c1nc2c(c(N3CCC(C4CCNCC4)CC3)n1)CCCC2.Cl.Cl. The van der Waals surface area contributed by atoms with Crippen LogP contribution in [0.4, 0.5) is 11.8 Å². The molecule has 1 aromatic heterocycles. The van der Waals surface area contributed by atoms with Crippen LogP contribution in [0.1, 0.15) is 49.8 Å². The van der Waals surface area contributed by atoms with Crippen LogP contribution in [0.15, 0.2) is 0 Å². The molecule has 3 aliphatic rings. The molecule has 0 unspecified atom stereocenters. The Balaban J connectivity index is 0.00000131. The van der Waals surface area contributed by atoms with Crippen LogP contribution >= 0.6 is 24.8 Å². The molecule has 0 spiro atoms. The molecule has 3 heterocycles. The number of anilines is 2. The molecule has 1 N–H and O–H groups in total. The van der Waals surface area contributed by atoms with Crippen molar-refractivity contribution in [2.45, 2.75) is 51.4 Å². The van der Waals surface area contributed by atoms with E-state index in [0.29, 0.717) is 0 Å². The second-order valence-corrected chi connectivity index (χ2v) is 8.29. The van der Waals surface area contributed by atoms with Crippen molar-refractivity contribution in [3.05, 3.63) is 11.3 Å². The number of rotatable bonds is 3. The lowest BCUT2D eigenvalue weighted by molar-refractivity contribution is 0.221. The molecule has 0 radical (unpaired) electrons. The number of piperidine rings is 2. The van der Waals surface area contributed by atoms with E-state index < -0.39 is 0 Å². The van der Waals surface area contributed by atoms with E-state index in [1.165, 1.54) is 81.8 Å². The van der Waals surface area contributed by atoms with Gasteiger partial charge in [0.2, 0.25) is 5.95 Å². The summed E-state index contributed by atoms with van der Waals surface area (Å²) in [5.41, 5.74) is 2.75. The molecule has 2 saturated heterocycles. The Morgan fingerprint density at radius 2 is 1.52 bits per heavy atom. The quantitative estimate of drug-likeness (QED) is 0.818. The number of fused-ring (bicyclic) bond motifs is 1. The lowest BCUT2D eigenvalue weighted by atomic mass is 9.79. The minimum Gasteiger partial charge on any atom is -0.356 e. The zero-order valence-electron chi connectivity index (χ0n) is 16.7. The molecule has 0 atom stereocenters.